The van der Waals surface area contributed by atoms with E-state index in [4.69, 9.17) is 0 Å². The van der Waals surface area contributed by atoms with Gasteiger partial charge in [0.25, 0.3) is 5.91 Å². The summed E-state index contributed by atoms with van der Waals surface area (Å²) < 4.78 is 0. The molecule has 1 unspecified atom stereocenters. The van der Waals surface area contributed by atoms with E-state index in [1.165, 1.54) is 17.5 Å². The summed E-state index contributed by atoms with van der Waals surface area (Å²) in [7, 11) is 0. The number of nitrogens with zero attached hydrogens (tertiary/aromatic N) is 1. The molecule has 1 heterocycles. The topological polar surface area (TPSA) is 40.5 Å². The SMILES string of the molecule is O=C(c1ccc2c(c1)CCC2)N1CCC(C(O)c2ccccc2)CC1. The second kappa shape index (κ2) is 7.01. The molecule has 4 rings (SSSR count). The van der Waals surface area contributed by atoms with Crippen LogP contribution in [0.15, 0.2) is 48.5 Å². The van der Waals surface area contributed by atoms with E-state index >= 15 is 0 Å². The molecular weight excluding hydrogens is 310 g/mol. The van der Waals surface area contributed by atoms with Crippen molar-refractivity contribution in [3.05, 3.63) is 70.8 Å². The molecule has 0 saturated carbocycles. The van der Waals surface area contributed by atoms with Gasteiger partial charge in [-0.25, -0.2) is 0 Å². The third-order valence-corrected chi connectivity index (χ3v) is 5.76. The van der Waals surface area contributed by atoms with Gasteiger partial charge in [-0.3, -0.25) is 4.79 Å². The Morgan fingerprint density at radius 3 is 2.48 bits per heavy atom. The van der Waals surface area contributed by atoms with Crippen LogP contribution < -0.4 is 0 Å². The first kappa shape index (κ1) is 16.3. The van der Waals surface area contributed by atoms with Crippen molar-refractivity contribution in [1.82, 2.24) is 4.90 Å². The highest BCUT2D eigenvalue weighted by Crippen LogP contribution is 2.31. The second-order valence-electron chi connectivity index (χ2n) is 7.32. The average Bonchev–Trinajstić information content (AvgIpc) is 3.15. The summed E-state index contributed by atoms with van der Waals surface area (Å²) in [6.07, 6.45) is 4.72. The zero-order chi connectivity index (χ0) is 17.2. The number of carbonyl (C=O) groups is 1. The minimum atomic E-state index is -0.432. The molecule has 1 N–H and O–H groups in total. The number of benzene rings is 2. The van der Waals surface area contributed by atoms with Crippen molar-refractivity contribution in [2.75, 3.05) is 13.1 Å². The molecule has 2 aliphatic rings. The molecule has 130 valence electrons. The number of hydrogen-bond donors (Lipinski definition) is 1. The summed E-state index contributed by atoms with van der Waals surface area (Å²) in [5.41, 5.74) is 4.55. The number of fused-ring (bicyclic) bond motifs is 1. The van der Waals surface area contributed by atoms with E-state index in [-0.39, 0.29) is 11.8 Å². The lowest BCUT2D eigenvalue weighted by Crippen LogP contribution is -2.39. The summed E-state index contributed by atoms with van der Waals surface area (Å²) in [5, 5.41) is 10.6. The fourth-order valence-corrected chi connectivity index (χ4v) is 4.23. The van der Waals surface area contributed by atoms with Gasteiger partial charge in [0, 0.05) is 18.7 Å². The molecule has 0 bridgehead atoms. The Labute approximate surface area is 149 Å². The largest absolute Gasteiger partial charge is 0.388 e. The Hall–Kier alpha value is -2.13. The van der Waals surface area contributed by atoms with Crippen LogP contribution in [0.5, 0.6) is 0 Å². The van der Waals surface area contributed by atoms with Gasteiger partial charge in [0.15, 0.2) is 0 Å². The van der Waals surface area contributed by atoms with Crippen LogP contribution in [0.2, 0.25) is 0 Å². The van der Waals surface area contributed by atoms with Crippen LogP contribution in [0.4, 0.5) is 0 Å². The zero-order valence-electron chi connectivity index (χ0n) is 14.5. The first-order chi connectivity index (χ1) is 12.2. The normalized spacial score (nSPS) is 18.8. The van der Waals surface area contributed by atoms with Crippen molar-refractivity contribution in [3.63, 3.8) is 0 Å². The smallest absolute Gasteiger partial charge is 0.253 e. The van der Waals surface area contributed by atoms with E-state index in [1.807, 2.05) is 41.3 Å². The van der Waals surface area contributed by atoms with Crippen LogP contribution in [0, 0.1) is 5.92 Å². The van der Waals surface area contributed by atoms with Crippen molar-refractivity contribution < 1.29 is 9.90 Å². The number of piperidine rings is 1. The van der Waals surface area contributed by atoms with E-state index in [0.29, 0.717) is 0 Å². The summed E-state index contributed by atoms with van der Waals surface area (Å²) in [6.45, 7) is 1.45. The van der Waals surface area contributed by atoms with E-state index in [9.17, 15) is 9.90 Å². The van der Waals surface area contributed by atoms with Gasteiger partial charge in [-0.15, -0.1) is 0 Å². The summed E-state index contributed by atoms with van der Waals surface area (Å²) in [6, 6.07) is 16.1. The maximum Gasteiger partial charge on any atom is 0.253 e. The maximum absolute atomic E-state index is 12.8. The van der Waals surface area contributed by atoms with Crippen LogP contribution in [-0.2, 0) is 12.8 Å². The molecule has 1 saturated heterocycles. The molecule has 0 radical (unpaired) electrons. The lowest BCUT2D eigenvalue weighted by atomic mass is 9.87. The Balaban J connectivity index is 1.39. The fourth-order valence-electron chi connectivity index (χ4n) is 4.23. The number of hydrogen-bond acceptors (Lipinski definition) is 2. The predicted octanol–water partition coefficient (Wildman–Crippen LogP) is 3.76. The number of aliphatic hydroxyl groups is 1. The average molecular weight is 335 g/mol. The first-order valence-electron chi connectivity index (χ1n) is 9.36. The molecular formula is C22H25NO2. The third-order valence-electron chi connectivity index (χ3n) is 5.76. The van der Waals surface area contributed by atoms with Crippen LogP contribution in [0.3, 0.4) is 0 Å². The molecule has 2 aromatic carbocycles. The van der Waals surface area contributed by atoms with Gasteiger partial charge < -0.3 is 10.0 Å². The molecule has 25 heavy (non-hydrogen) atoms. The Kier molecular flexibility index (Phi) is 4.58. The quantitative estimate of drug-likeness (QED) is 0.928. The highest BCUT2D eigenvalue weighted by Gasteiger charge is 2.29. The molecule has 1 fully saturated rings. The van der Waals surface area contributed by atoms with Crippen molar-refractivity contribution in [2.24, 2.45) is 5.92 Å². The number of rotatable bonds is 3. The molecule has 3 nitrogen and oxygen atoms in total. The fraction of sp³-hybridized carbons (Fsp3) is 0.409. The molecule has 1 aliphatic heterocycles. The van der Waals surface area contributed by atoms with Crippen LogP contribution >= 0.6 is 0 Å². The lowest BCUT2D eigenvalue weighted by molar-refractivity contribution is 0.0462. The van der Waals surface area contributed by atoms with Crippen LogP contribution in [-0.4, -0.2) is 29.0 Å². The number of amides is 1. The first-order valence-corrected chi connectivity index (χ1v) is 9.36. The minimum absolute atomic E-state index is 0.141. The monoisotopic (exact) mass is 335 g/mol. The highest BCUT2D eigenvalue weighted by atomic mass is 16.3. The summed E-state index contributed by atoms with van der Waals surface area (Å²) in [5.74, 6) is 0.369. The van der Waals surface area contributed by atoms with Crippen LogP contribution in [0.25, 0.3) is 0 Å². The van der Waals surface area contributed by atoms with E-state index in [1.54, 1.807) is 0 Å². The van der Waals surface area contributed by atoms with E-state index in [2.05, 4.69) is 12.1 Å². The Morgan fingerprint density at radius 2 is 1.72 bits per heavy atom. The summed E-state index contributed by atoms with van der Waals surface area (Å²) in [4.78, 5) is 14.8. The zero-order valence-corrected chi connectivity index (χ0v) is 14.5. The number of carbonyl (C=O) groups excluding carboxylic acids is 1. The van der Waals surface area contributed by atoms with Gasteiger partial charge in [0.2, 0.25) is 0 Å². The van der Waals surface area contributed by atoms with Crippen molar-refractivity contribution in [3.8, 4) is 0 Å². The van der Waals surface area contributed by atoms with Gasteiger partial charge >= 0.3 is 0 Å². The number of aryl methyl sites for hydroxylation is 2. The Bertz CT molecular complexity index is 748. The van der Waals surface area contributed by atoms with Gasteiger partial charge in [-0.2, -0.15) is 0 Å². The van der Waals surface area contributed by atoms with Gasteiger partial charge in [0.1, 0.15) is 0 Å². The van der Waals surface area contributed by atoms with Gasteiger partial charge in [-0.1, -0.05) is 36.4 Å². The van der Waals surface area contributed by atoms with E-state index in [0.717, 1.165) is 49.9 Å². The predicted molar refractivity (Wildman–Crippen MR) is 98.5 cm³/mol. The molecule has 1 atom stereocenters. The third kappa shape index (κ3) is 3.34. The standard InChI is InChI=1S/C22H25NO2/c24-21(17-5-2-1-3-6-17)18-11-13-23(14-12-18)22(25)20-10-9-16-7-4-8-19(16)15-20/h1-3,5-6,9-10,15,18,21,24H,4,7-8,11-14H2. The number of likely N-dealkylation sites (tertiary alicyclic amines) is 1. The van der Waals surface area contributed by atoms with Crippen LogP contribution in [0.1, 0.15) is 52.4 Å². The van der Waals surface area contributed by atoms with Crippen molar-refractivity contribution >= 4 is 5.91 Å². The minimum Gasteiger partial charge on any atom is -0.388 e. The van der Waals surface area contributed by atoms with Crippen molar-refractivity contribution in [2.45, 2.75) is 38.2 Å². The van der Waals surface area contributed by atoms with Gasteiger partial charge in [0.05, 0.1) is 6.10 Å². The number of aliphatic hydroxyl groups excluding tert-OH is 1. The molecule has 0 aromatic heterocycles. The van der Waals surface area contributed by atoms with E-state index < -0.39 is 6.10 Å². The molecule has 3 heteroatoms. The maximum atomic E-state index is 12.8. The lowest BCUT2D eigenvalue weighted by Gasteiger charge is -2.34. The van der Waals surface area contributed by atoms with Gasteiger partial charge in [-0.05, 0) is 66.8 Å². The van der Waals surface area contributed by atoms with Crippen molar-refractivity contribution in [1.29, 1.82) is 0 Å². The molecule has 2 aromatic rings. The second-order valence-corrected chi connectivity index (χ2v) is 7.32. The summed E-state index contributed by atoms with van der Waals surface area (Å²) >= 11 is 0. The molecule has 1 aliphatic carbocycles. The molecule has 1 amide bonds. The Morgan fingerprint density at radius 1 is 1.00 bits per heavy atom. The molecule has 0 spiro atoms. The highest BCUT2D eigenvalue weighted by molar-refractivity contribution is 5.94.